The van der Waals surface area contributed by atoms with Crippen molar-refractivity contribution >= 4 is 27.4 Å². The lowest BCUT2D eigenvalue weighted by molar-refractivity contribution is -0.384. The Balaban J connectivity index is 2.72. The molecular formula is C14H15BrN4O2. The molecule has 0 radical (unpaired) electrons. The fourth-order valence-electron chi connectivity index (χ4n) is 1.90. The number of hydrogen-bond acceptors (Lipinski definition) is 5. The van der Waals surface area contributed by atoms with Crippen molar-refractivity contribution in [2.75, 3.05) is 5.73 Å². The average Bonchev–Trinajstić information content (AvgIpc) is 2.40. The van der Waals surface area contributed by atoms with Gasteiger partial charge in [0.2, 0.25) is 0 Å². The first-order chi connectivity index (χ1) is 9.71. The first-order valence-corrected chi connectivity index (χ1v) is 7.08. The standard InChI is InChI=1S/C14H15BrN4O2/c1-14(2,3)11-10(15)12(16)18-13(17-11)8-6-4-5-7-9(8)19(20)21/h4-7H,1-3H3,(H2,16,17,18). The van der Waals surface area contributed by atoms with Gasteiger partial charge in [-0.25, -0.2) is 9.97 Å². The smallest absolute Gasteiger partial charge is 0.280 e. The maximum Gasteiger partial charge on any atom is 0.280 e. The van der Waals surface area contributed by atoms with Gasteiger partial charge in [0.1, 0.15) is 5.82 Å². The Morgan fingerprint density at radius 3 is 2.43 bits per heavy atom. The summed E-state index contributed by atoms with van der Waals surface area (Å²) in [6.07, 6.45) is 0. The summed E-state index contributed by atoms with van der Waals surface area (Å²) in [5.41, 5.74) is 6.67. The highest BCUT2D eigenvalue weighted by Gasteiger charge is 2.25. The van der Waals surface area contributed by atoms with Crippen molar-refractivity contribution in [2.24, 2.45) is 0 Å². The van der Waals surface area contributed by atoms with E-state index >= 15 is 0 Å². The Morgan fingerprint density at radius 2 is 1.86 bits per heavy atom. The van der Waals surface area contributed by atoms with Crippen molar-refractivity contribution in [3.8, 4) is 11.4 Å². The number of nitrogens with zero attached hydrogens (tertiary/aromatic N) is 3. The van der Waals surface area contributed by atoms with Crippen molar-refractivity contribution in [3.63, 3.8) is 0 Å². The maximum absolute atomic E-state index is 11.1. The highest BCUT2D eigenvalue weighted by molar-refractivity contribution is 9.10. The van der Waals surface area contributed by atoms with E-state index in [-0.39, 0.29) is 22.7 Å². The number of aromatic nitrogens is 2. The summed E-state index contributed by atoms with van der Waals surface area (Å²) < 4.78 is 0.623. The number of nitro benzene ring substituents is 1. The van der Waals surface area contributed by atoms with Crippen LogP contribution in [0.1, 0.15) is 26.5 Å². The van der Waals surface area contributed by atoms with Crippen LogP contribution < -0.4 is 5.73 Å². The van der Waals surface area contributed by atoms with Crippen LogP contribution in [-0.2, 0) is 5.41 Å². The van der Waals surface area contributed by atoms with Crippen molar-refractivity contribution in [1.82, 2.24) is 9.97 Å². The molecule has 0 bridgehead atoms. The van der Waals surface area contributed by atoms with Gasteiger partial charge in [-0.15, -0.1) is 0 Å². The molecule has 0 aliphatic rings. The molecule has 0 saturated heterocycles. The maximum atomic E-state index is 11.1. The lowest BCUT2D eigenvalue weighted by Crippen LogP contribution is -2.17. The number of para-hydroxylation sites is 1. The van der Waals surface area contributed by atoms with E-state index in [1.54, 1.807) is 18.2 Å². The SMILES string of the molecule is CC(C)(C)c1nc(-c2ccccc2[N+](=O)[O-])nc(N)c1Br. The quantitative estimate of drug-likeness (QED) is 0.658. The normalized spacial score (nSPS) is 11.4. The Labute approximate surface area is 130 Å². The van der Waals surface area contributed by atoms with E-state index in [2.05, 4.69) is 25.9 Å². The van der Waals surface area contributed by atoms with E-state index in [1.807, 2.05) is 20.8 Å². The van der Waals surface area contributed by atoms with E-state index in [0.29, 0.717) is 15.7 Å². The first kappa shape index (κ1) is 15.4. The Kier molecular flexibility index (Phi) is 3.95. The molecule has 2 rings (SSSR count). The van der Waals surface area contributed by atoms with Crippen molar-refractivity contribution in [2.45, 2.75) is 26.2 Å². The number of hydrogen-bond donors (Lipinski definition) is 1. The second-order valence-corrected chi connectivity index (χ2v) is 6.41. The minimum atomic E-state index is -0.451. The first-order valence-electron chi connectivity index (χ1n) is 6.29. The highest BCUT2D eigenvalue weighted by Crippen LogP contribution is 2.35. The fourth-order valence-corrected chi connectivity index (χ4v) is 2.68. The molecule has 6 nitrogen and oxygen atoms in total. The van der Waals surface area contributed by atoms with Crippen LogP contribution in [0.2, 0.25) is 0 Å². The molecule has 2 aromatic rings. The molecule has 0 atom stereocenters. The summed E-state index contributed by atoms with van der Waals surface area (Å²) in [5, 5.41) is 11.1. The minimum Gasteiger partial charge on any atom is -0.383 e. The molecule has 0 amide bonds. The summed E-state index contributed by atoms with van der Waals surface area (Å²) in [5.74, 6) is 0.524. The summed E-state index contributed by atoms with van der Waals surface area (Å²) in [6.45, 7) is 5.97. The number of anilines is 1. The van der Waals surface area contributed by atoms with Crippen molar-refractivity contribution < 1.29 is 4.92 Å². The van der Waals surface area contributed by atoms with Gasteiger partial charge in [0.25, 0.3) is 5.69 Å². The summed E-state index contributed by atoms with van der Waals surface area (Å²) in [7, 11) is 0. The molecule has 1 aromatic carbocycles. The van der Waals surface area contributed by atoms with Crippen molar-refractivity contribution in [3.05, 3.63) is 44.5 Å². The van der Waals surface area contributed by atoms with E-state index in [1.165, 1.54) is 6.07 Å². The summed E-state index contributed by atoms with van der Waals surface area (Å²) in [6, 6.07) is 6.36. The van der Waals surface area contributed by atoms with Gasteiger partial charge >= 0.3 is 0 Å². The second kappa shape index (κ2) is 5.40. The molecule has 21 heavy (non-hydrogen) atoms. The zero-order valence-corrected chi connectivity index (χ0v) is 13.5. The van der Waals surface area contributed by atoms with Crippen LogP contribution in [0.5, 0.6) is 0 Å². The lowest BCUT2D eigenvalue weighted by Gasteiger charge is -2.20. The van der Waals surface area contributed by atoms with E-state index < -0.39 is 4.92 Å². The Hall–Kier alpha value is -2.02. The van der Waals surface area contributed by atoms with Crippen molar-refractivity contribution in [1.29, 1.82) is 0 Å². The predicted molar refractivity (Wildman–Crippen MR) is 84.9 cm³/mol. The minimum absolute atomic E-state index is 0.0425. The molecule has 0 spiro atoms. The third kappa shape index (κ3) is 3.02. The average molecular weight is 351 g/mol. The van der Waals surface area contributed by atoms with Gasteiger partial charge in [0, 0.05) is 11.5 Å². The Morgan fingerprint density at radius 1 is 1.24 bits per heavy atom. The predicted octanol–water partition coefficient (Wildman–Crippen LogP) is 3.69. The topological polar surface area (TPSA) is 94.9 Å². The van der Waals surface area contributed by atoms with Crippen LogP contribution >= 0.6 is 15.9 Å². The van der Waals surface area contributed by atoms with Crippen LogP contribution in [0.3, 0.4) is 0 Å². The molecular weight excluding hydrogens is 336 g/mol. The molecule has 0 saturated carbocycles. The molecule has 110 valence electrons. The number of rotatable bonds is 2. The van der Waals surface area contributed by atoms with Crippen LogP contribution in [0.4, 0.5) is 11.5 Å². The number of nitrogens with two attached hydrogens (primary N) is 1. The van der Waals surface area contributed by atoms with Gasteiger partial charge in [0.05, 0.1) is 20.7 Å². The highest BCUT2D eigenvalue weighted by atomic mass is 79.9. The van der Waals surface area contributed by atoms with Crippen LogP contribution in [0.15, 0.2) is 28.7 Å². The molecule has 0 aliphatic heterocycles. The molecule has 0 aliphatic carbocycles. The zero-order chi connectivity index (χ0) is 15.8. The molecule has 2 N–H and O–H groups in total. The summed E-state index contributed by atoms with van der Waals surface area (Å²) in [4.78, 5) is 19.3. The van der Waals surface area contributed by atoms with E-state index in [9.17, 15) is 10.1 Å². The monoisotopic (exact) mass is 350 g/mol. The third-order valence-corrected chi connectivity index (χ3v) is 3.71. The van der Waals surface area contributed by atoms with Crippen LogP contribution in [0, 0.1) is 10.1 Å². The van der Waals surface area contributed by atoms with Gasteiger partial charge in [-0.3, -0.25) is 10.1 Å². The van der Waals surface area contributed by atoms with Crippen LogP contribution in [0.25, 0.3) is 11.4 Å². The Bertz CT molecular complexity index is 711. The number of nitrogen functional groups attached to an aromatic ring is 1. The van der Waals surface area contributed by atoms with Gasteiger partial charge in [-0.1, -0.05) is 32.9 Å². The number of nitro groups is 1. The molecule has 0 unspecified atom stereocenters. The zero-order valence-electron chi connectivity index (χ0n) is 11.9. The molecule has 7 heteroatoms. The van der Waals surface area contributed by atoms with E-state index in [4.69, 9.17) is 5.73 Å². The second-order valence-electron chi connectivity index (χ2n) is 5.62. The largest absolute Gasteiger partial charge is 0.383 e. The molecule has 1 aromatic heterocycles. The van der Waals surface area contributed by atoms with Gasteiger partial charge < -0.3 is 5.73 Å². The molecule has 0 fully saturated rings. The van der Waals surface area contributed by atoms with E-state index in [0.717, 1.165) is 0 Å². The third-order valence-electron chi connectivity index (χ3n) is 2.93. The fraction of sp³-hybridized carbons (Fsp3) is 0.286. The summed E-state index contributed by atoms with van der Waals surface area (Å²) >= 11 is 3.39. The number of halogens is 1. The van der Waals surface area contributed by atoms with Gasteiger partial charge in [0.15, 0.2) is 5.82 Å². The number of benzene rings is 1. The van der Waals surface area contributed by atoms with Gasteiger partial charge in [-0.05, 0) is 22.0 Å². The molecule has 1 heterocycles. The van der Waals surface area contributed by atoms with Gasteiger partial charge in [-0.2, -0.15) is 0 Å². The van der Waals surface area contributed by atoms with Crippen LogP contribution in [-0.4, -0.2) is 14.9 Å². The lowest BCUT2D eigenvalue weighted by atomic mass is 9.91.